The summed E-state index contributed by atoms with van der Waals surface area (Å²) in [6.45, 7) is 5.14. The van der Waals surface area contributed by atoms with E-state index in [1.807, 2.05) is 0 Å². The molecule has 0 N–H and O–H groups in total. The molecule has 0 unspecified atom stereocenters. The lowest BCUT2D eigenvalue weighted by molar-refractivity contribution is -0.118. The monoisotopic (exact) mass is 301 g/mol. The maximum atomic E-state index is 12.2. The van der Waals surface area contributed by atoms with Gasteiger partial charge >= 0.3 is 6.09 Å². The summed E-state index contributed by atoms with van der Waals surface area (Å²) in [4.78, 5) is 25.1. The van der Waals surface area contributed by atoms with Crippen LogP contribution < -0.4 is 4.90 Å². The first-order valence-corrected chi connectivity index (χ1v) is 6.45. The fourth-order valence-corrected chi connectivity index (χ4v) is 2.28. The zero-order chi connectivity index (χ0) is 14.4. The number of anilines is 1. The number of carbonyl (C=O) groups excluding carboxylic acids is 2. The molecular formula is C13H13Cl2NO3. The standard InChI is InChI=1S/C13H13Cl2NO3/c1-12(2,3)19-11(18)16-9-7-5-4-6-8(9)13(14,15)10(16)17/h4-7H,1-3H3. The molecule has 0 aromatic heterocycles. The highest BCUT2D eigenvalue weighted by Gasteiger charge is 2.51. The predicted octanol–water partition coefficient (Wildman–Crippen LogP) is 3.60. The van der Waals surface area contributed by atoms with E-state index in [9.17, 15) is 9.59 Å². The molecule has 0 saturated carbocycles. The van der Waals surface area contributed by atoms with Gasteiger partial charge in [0.1, 0.15) is 5.60 Å². The zero-order valence-corrected chi connectivity index (χ0v) is 12.2. The number of alkyl halides is 2. The van der Waals surface area contributed by atoms with Crippen LogP contribution >= 0.6 is 23.2 Å². The van der Waals surface area contributed by atoms with E-state index >= 15 is 0 Å². The van der Waals surface area contributed by atoms with E-state index in [1.165, 1.54) is 0 Å². The van der Waals surface area contributed by atoms with E-state index in [0.29, 0.717) is 11.3 Å². The van der Waals surface area contributed by atoms with Crippen LogP contribution in [0.1, 0.15) is 26.3 Å². The van der Waals surface area contributed by atoms with Crippen molar-refractivity contribution in [1.82, 2.24) is 0 Å². The lowest BCUT2D eigenvalue weighted by atomic mass is 10.1. The van der Waals surface area contributed by atoms with Gasteiger partial charge in [0.2, 0.25) is 4.33 Å². The minimum atomic E-state index is -1.76. The second kappa shape index (κ2) is 4.39. The molecule has 1 aliphatic heterocycles. The Morgan fingerprint density at radius 2 is 1.84 bits per heavy atom. The zero-order valence-electron chi connectivity index (χ0n) is 10.7. The van der Waals surface area contributed by atoms with Gasteiger partial charge in [-0.25, -0.2) is 9.69 Å². The number of para-hydroxylation sites is 1. The molecule has 6 heteroatoms. The number of rotatable bonds is 0. The van der Waals surface area contributed by atoms with Gasteiger partial charge in [0.05, 0.1) is 5.69 Å². The van der Waals surface area contributed by atoms with Crippen LogP contribution in [-0.4, -0.2) is 17.6 Å². The van der Waals surface area contributed by atoms with Gasteiger partial charge in [0.25, 0.3) is 5.91 Å². The van der Waals surface area contributed by atoms with Crippen molar-refractivity contribution in [3.8, 4) is 0 Å². The van der Waals surface area contributed by atoms with E-state index in [-0.39, 0.29) is 0 Å². The van der Waals surface area contributed by atoms with Gasteiger partial charge in [-0.2, -0.15) is 0 Å². The Morgan fingerprint density at radius 3 is 2.42 bits per heavy atom. The van der Waals surface area contributed by atoms with Crippen molar-refractivity contribution in [2.24, 2.45) is 0 Å². The number of imide groups is 1. The molecule has 0 bridgehead atoms. The van der Waals surface area contributed by atoms with Crippen LogP contribution in [0.4, 0.5) is 10.5 Å². The molecule has 0 spiro atoms. The first-order valence-electron chi connectivity index (χ1n) is 5.69. The minimum absolute atomic E-state index is 0.353. The van der Waals surface area contributed by atoms with E-state index in [4.69, 9.17) is 27.9 Å². The fourth-order valence-electron chi connectivity index (χ4n) is 1.79. The van der Waals surface area contributed by atoms with Crippen LogP contribution in [0.3, 0.4) is 0 Å². The molecule has 0 radical (unpaired) electrons. The molecule has 1 heterocycles. The number of halogens is 2. The van der Waals surface area contributed by atoms with Crippen molar-refractivity contribution < 1.29 is 14.3 Å². The fraction of sp³-hybridized carbons (Fsp3) is 0.385. The van der Waals surface area contributed by atoms with E-state index in [2.05, 4.69) is 0 Å². The number of carbonyl (C=O) groups is 2. The van der Waals surface area contributed by atoms with Crippen LogP contribution in [0.15, 0.2) is 24.3 Å². The first kappa shape index (κ1) is 14.2. The van der Waals surface area contributed by atoms with Gasteiger partial charge in [-0.1, -0.05) is 41.4 Å². The first-order chi connectivity index (χ1) is 8.64. The summed E-state index contributed by atoms with van der Waals surface area (Å²) in [5, 5.41) is 0. The average Bonchev–Trinajstić information content (AvgIpc) is 2.46. The summed E-state index contributed by atoms with van der Waals surface area (Å²) in [5.41, 5.74) is 0.0249. The maximum Gasteiger partial charge on any atom is 0.421 e. The maximum absolute atomic E-state index is 12.2. The topological polar surface area (TPSA) is 46.6 Å². The molecule has 1 aliphatic rings. The van der Waals surface area contributed by atoms with Gasteiger partial charge in [-0.15, -0.1) is 0 Å². The number of nitrogens with zero attached hydrogens (tertiary/aromatic N) is 1. The van der Waals surface area contributed by atoms with Crippen LogP contribution in [0.5, 0.6) is 0 Å². The van der Waals surface area contributed by atoms with Gasteiger partial charge in [0, 0.05) is 5.56 Å². The molecule has 19 heavy (non-hydrogen) atoms. The summed E-state index contributed by atoms with van der Waals surface area (Å²) in [5.74, 6) is -0.716. The predicted molar refractivity (Wildman–Crippen MR) is 73.5 cm³/mol. The Labute approximate surface area is 121 Å². The molecule has 0 aliphatic carbocycles. The third kappa shape index (κ3) is 2.42. The molecule has 0 fully saturated rings. The smallest absolute Gasteiger partial charge is 0.421 e. The van der Waals surface area contributed by atoms with Crippen molar-refractivity contribution in [3.05, 3.63) is 29.8 Å². The molecular weight excluding hydrogens is 289 g/mol. The lowest BCUT2D eigenvalue weighted by Gasteiger charge is -2.24. The highest BCUT2D eigenvalue weighted by Crippen LogP contribution is 2.47. The normalized spacial score (nSPS) is 17.3. The van der Waals surface area contributed by atoms with E-state index in [1.54, 1.807) is 45.0 Å². The van der Waals surface area contributed by atoms with Crippen LogP contribution in [-0.2, 0) is 13.9 Å². The van der Waals surface area contributed by atoms with Gasteiger partial charge in [-0.3, -0.25) is 4.79 Å². The van der Waals surface area contributed by atoms with Crippen molar-refractivity contribution >= 4 is 40.9 Å². The molecule has 4 nitrogen and oxygen atoms in total. The summed E-state index contributed by atoms with van der Waals surface area (Å²) in [6, 6.07) is 6.60. The molecule has 0 saturated heterocycles. The molecule has 2 rings (SSSR count). The third-order valence-electron chi connectivity index (χ3n) is 2.53. The van der Waals surface area contributed by atoms with Crippen molar-refractivity contribution in [2.75, 3.05) is 4.90 Å². The Balaban J connectivity index is 2.43. The van der Waals surface area contributed by atoms with Gasteiger partial charge in [-0.05, 0) is 26.8 Å². The Hall–Kier alpha value is -1.26. The number of amides is 2. The van der Waals surface area contributed by atoms with Crippen molar-refractivity contribution in [2.45, 2.75) is 30.7 Å². The second-order valence-corrected chi connectivity index (χ2v) is 6.54. The molecule has 1 aromatic carbocycles. The van der Waals surface area contributed by atoms with Gasteiger partial charge in [0.15, 0.2) is 0 Å². The number of fused-ring (bicyclic) bond motifs is 1. The van der Waals surface area contributed by atoms with Crippen LogP contribution in [0.2, 0.25) is 0 Å². The average molecular weight is 302 g/mol. The number of ether oxygens (including phenoxy) is 1. The minimum Gasteiger partial charge on any atom is -0.443 e. The molecule has 102 valence electrons. The summed E-state index contributed by atoms with van der Waals surface area (Å²) >= 11 is 12.1. The molecule has 0 atom stereocenters. The van der Waals surface area contributed by atoms with Crippen LogP contribution in [0.25, 0.3) is 0 Å². The summed E-state index contributed by atoms with van der Waals surface area (Å²) in [6.07, 6.45) is -0.784. The SMILES string of the molecule is CC(C)(C)OC(=O)N1C(=O)C(Cl)(Cl)c2ccccc21. The van der Waals surface area contributed by atoms with E-state index in [0.717, 1.165) is 4.90 Å². The molecule has 2 amide bonds. The number of hydrogen-bond acceptors (Lipinski definition) is 3. The van der Waals surface area contributed by atoms with E-state index < -0.39 is 21.9 Å². The quantitative estimate of drug-likeness (QED) is 0.688. The number of benzene rings is 1. The largest absolute Gasteiger partial charge is 0.443 e. The summed E-state index contributed by atoms with van der Waals surface area (Å²) in [7, 11) is 0. The van der Waals surface area contributed by atoms with Gasteiger partial charge < -0.3 is 4.74 Å². The summed E-state index contributed by atoms with van der Waals surface area (Å²) < 4.78 is 3.43. The van der Waals surface area contributed by atoms with Crippen LogP contribution in [0, 0.1) is 0 Å². The number of hydrogen-bond donors (Lipinski definition) is 0. The molecule has 1 aromatic rings. The van der Waals surface area contributed by atoms with Crippen molar-refractivity contribution in [3.63, 3.8) is 0 Å². The third-order valence-corrected chi connectivity index (χ3v) is 3.26. The lowest BCUT2D eigenvalue weighted by Crippen LogP contribution is -2.41. The highest BCUT2D eigenvalue weighted by molar-refractivity contribution is 6.61. The van der Waals surface area contributed by atoms with Crippen molar-refractivity contribution in [1.29, 1.82) is 0 Å². The Bertz CT molecular complexity index is 549. The Morgan fingerprint density at radius 1 is 1.26 bits per heavy atom. The Kier molecular flexibility index (Phi) is 3.27. The second-order valence-electron chi connectivity index (χ2n) is 5.21. The highest BCUT2D eigenvalue weighted by atomic mass is 35.5.